The Morgan fingerprint density at radius 3 is 2.32 bits per heavy atom. The summed E-state index contributed by atoms with van der Waals surface area (Å²) in [6.07, 6.45) is 3.33. The number of amides is 4. The fourth-order valence-electron chi connectivity index (χ4n) is 2.64. The van der Waals surface area contributed by atoms with E-state index in [1.165, 1.54) is 6.92 Å². The van der Waals surface area contributed by atoms with Gasteiger partial charge in [0, 0.05) is 6.61 Å². The largest absolute Gasteiger partial charge is 0.491 e. The molecule has 8 heteroatoms. The van der Waals surface area contributed by atoms with Crippen molar-refractivity contribution in [1.82, 2.24) is 10.6 Å². The van der Waals surface area contributed by atoms with E-state index in [9.17, 15) is 14.4 Å². The lowest BCUT2D eigenvalue weighted by molar-refractivity contribution is -0.149. The number of ether oxygens (including phenoxy) is 3. The van der Waals surface area contributed by atoms with Gasteiger partial charge in [0.2, 0.25) is 0 Å². The molecule has 1 unspecified atom stereocenters. The minimum atomic E-state index is -1.81. The van der Waals surface area contributed by atoms with Crippen molar-refractivity contribution < 1.29 is 28.6 Å². The van der Waals surface area contributed by atoms with Crippen LogP contribution < -0.4 is 20.1 Å². The van der Waals surface area contributed by atoms with Gasteiger partial charge >= 0.3 is 6.03 Å². The summed E-state index contributed by atoms with van der Waals surface area (Å²) in [5.74, 6) is -0.671. The predicted molar refractivity (Wildman–Crippen MR) is 86.2 cm³/mol. The van der Waals surface area contributed by atoms with Crippen LogP contribution in [0, 0.1) is 0 Å². The molecule has 0 radical (unpaired) electrons. The van der Waals surface area contributed by atoms with E-state index in [4.69, 9.17) is 14.2 Å². The van der Waals surface area contributed by atoms with Crippen LogP contribution in [0.3, 0.4) is 0 Å². The number of barbiturate groups is 1. The van der Waals surface area contributed by atoms with Crippen molar-refractivity contribution in [3.63, 3.8) is 0 Å². The highest BCUT2D eigenvalue weighted by Gasteiger charge is 2.48. The molecule has 0 aromatic heterocycles. The van der Waals surface area contributed by atoms with E-state index in [0.29, 0.717) is 18.1 Å². The monoisotopic (exact) mass is 348 g/mol. The van der Waals surface area contributed by atoms with Gasteiger partial charge in [-0.1, -0.05) is 0 Å². The Bertz CT molecular complexity index is 646. The smallest absolute Gasteiger partial charge is 0.328 e. The maximum atomic E-state index is 11.9. The third-order valence-electron chi connectivity index (χ3n) is 4.18. The molecule has 8 nitrogen and oxygen atoms in total. The van der Waals surface area contributed by atoms with E-state index in [1.807, 2.05) is 10.6 Å². The Morgan fingerprint density at radius 2 is 1.72 bits per heavy atom. The molecule has 2 saturated heterocycles. The summed E-state index contributed by atoms with van der Waals surface area (Å²) in [6, 6.07) is 5.71. The van der Waals surface area contributed by atoms with Crippen LogP contribution in [0.4, 0.5) is 4.79 Å². The second-order valence-electron chi connectivity index (χ2n) is 6.14. The molecule has 0 spiro atoms. The van der Waals surface area contributed by atoms with Crippen molar-refractivity contribution in [3.05, 3.63) is 24.3 Å². The van der Waals surface area contributed by atoms with Crippen LogP contribution in [-0.4, -0.2) is 42.8 Å². The number of urea groups is 1. The zero-order valence-electron chi connectivity index (χ0n) is 13.9. The highest BCUT2D eigenvalue weighted by Crippen LogP contribution is 2.24. The summed E-state index contributed by atoms with van der Waals surface area (Å²) in [5, 5.41) is 4.03. The van der Waals surface area contributed by atoms with E-state index in [-0.39, 0.29) is 6.10 Å². The van der Waals surface area contributed by atoms with Gasteiger partial charge in [-0.15, -0.1) is 0 Å². The van der Waals surface area contributed by atoms with Gasteiger partial charge in [-0.3, -0.25) is 20.2 Å². The van der Waals surface area contributed by atoms with Crippen molar-refractivity contribution in [2.75, 3.05) is 13.2 Å². The molecule has 0 aliphatic carbocycles. The molecular weight excluding hydrogens is 328 g/mol. The number of nitrogens with one attached hydrogen (secondary N) is 2. The summed E-state index contributed by atoms with van der Waals surface area (Å²) < 4.78 is 16.8. The van der Waals surface area contributed by atoms with Crippen LogP contribution in [0.15, 0.2) is 24.3 Å². The van der Waals surface area contributed by atoms with Crippen LogP contribution in [-0.2, 0) is 14.3 Å². The topological polar surface area (TPSA) is 103 Å². The van der Waals surface area contributed by atoms with Gasteiger partial charge in [-0.2, -0.15) is 0 Å². The molecule has 3 rings (SSSR count). The van der Waals surface area contributed by atoms with Gasteiger partial charge < -0.3 is 14.2 Å². The Kier molecular flexibility index (Phi) is 4.89. The van der Waals surface area contributed by atoms with Crippen LogP contribution >= 0.6 is 0 Å². The fraction of sp³-hybridized carbons (Fsp3) is 0.471. The van der Waals surface area contributed by atoms with Crippen molar-refractivity contribution in [3.8, 4) is 11.5 Å². The highest BCUT2D eigenvalue weighted by atomic mass is 16.5. The van der Waals surface area contributed by atoms with Crippen LogP contribution in [0.2, 0.25) is 0 Å². The first kappa shape index (κ1) is 17.2. The van der Waals surface area contributed by atoms with Gasteiger partial charge in [0.25, 0.3) is 17.4 Å². The average Bonchev–Trinajstić information content (AvgIpc) is 2.60. The minimum Gasteiger partial charge on any atom is -0.491 e. The molecule has 2 aliphatic heterocycles. The first-order valence-electron chi connectivity index (χ1n) is 8.18. The van der Waals surface area contributed by atoms with Gasteiger partial charge in [-0.25, -0.2) is 4.79 Å². The number of hydrogen-bond donors (Lipinski definition) is 2. The molecule has 2 heterocycles. The zero-order chi connectivity index (χ0) is 17.9. The van der Waals surface area contributed by atoms with Gasteiger partial charge in [-0.05, 0) is 50.5 Å². The van der Waals surface area contributed by atoms with E-state index in [2.05, 4.69) is 0 Å². The molecular formula is C17H20N2O6. The van der Waals surface area contributed by atoms with Crippen LogP contribution in [0.5, 0.6) is 11.5 Å². The molecule has 1 aromatic carbocycles. The second-order valence-corrected chi connectivity index (χ2v) is 6.14. The molecule has 134 valence electrons. The summed E-state index contributed by atoms with van der Waals surface area (Å²) in [5.41, 5.74) is -1.81. The highest BCUT2D eigenvalue weighted by molar-refractivity contribution is 6.21. The Hall–Kier alpha value is -2.61. The Morgan fingerprint density at radius 1 is 1.08 bits per heavy atom. The summed E-state index contributed by atoms with van der Waals surface area (Å²) in [4.78, 5) is 35.0. The first-order chi connectivity index (χ1) is 12.0. The zero-order valence-corrected chi connectivity index (χ0v) is 13.9. The number of imide groups is 2. The maximum Gasteiger partial charge on any atom is 0.328 e. The lowest BCUT2D eigenvalue weighted by Gasteiger charge is -2.30. The lowest BCUT2D eigenvalue weighted by atomic mass is 10.0. The van der Waals surface area contributed by atoms with E-state index in [0.717, 1.165) is 25.9 Å². The van der Waals surface area contributed by atoms with Crippen molar-refractivity contribution >= 4 is 17.8 Å². The molecule has 25 heavy (non-hydrogen) atoms. The second kappa shape index (κ2) is 7.10. The van der Waals surface area contributed by atoms with E-state index in [1.54, 1.807) is 24.3 Å². The standard InChI is InChI=1S/C17H20N2O6/c1-17(14(20)18-16(22)19-15(17)21)25-12-7-5-11(6-8-12)24-10-13-4-2-3-9-23-13/h5-8,13H,2-4,9-10H2,1H3,(H2,18,19,20,21,22). The van der Waals surface area contributed by atoms with E-state index < -0.39 is 23.4 Å². The molecule has 2 fully saturated rings. The number of carbonyl (C=O) groups excluding carboxylic acids is 3. The van der Waals surface area contributed by atoms with Gasteiger partial charge in [0.05, 0.1) is 6.10 Å². The number of carbonyl (C=O) groups is 3. The number of benzene rings is 1. The van der Waals surface area contributed by atoms with Crippen LogP contribution in [0.1, 0.15) is 26.2 Å². The fourth-order valence-corrected chi connectivity index (χ4v) is 2.64. The third-order valence-corrected chi connectivity index (χ3v) is 4.18. The molecule has 1 aromatic rings. The molecule has 1 atom stereocenters. The van der Waals surface area contributed by atoms with Crippen molar-refractivity contribution in [2.24, 2.45) is 0 Å². The van der Waals surface area contributed by atoms with Gasteiger partial charge in [0.15, 0.2) is 0 Å². The molecule has 2 aliphatic rings. The summed E-state index contributed by atoms with van der Waals surface area (Å²) in [7, 11) is 0. The minimum absolute atomic E-state index is 0.107. The average molecular weight is 348 g/mol. The predicted octanol–water partition coefficient (Wildman–Crippen LogP) is 1.14. The first-order valence-corrected chi connectivity index (χ1v) is 8.18. The lowest BCUT2D eigenvalue weighted by Crippen LogP contribution is -2.67. The van der Waals surface area contributed by atoms with Crippen molar-refractivity contribution in [1.29, 1.82) is 0 Å². The Labute approximate surface area is 144 Å². The maximum absolute atomic E-state index is 11.9. The molecule has 0 bridgehead atoms. The van der Waals surface area contributed by atoms with Crippen molar-refractivity contribution in [2.45, 2.75) is 37.9 Å². The Balaban J connectivity index is 1.59. The summed E-state index contributed by atoms with van der Waals surface area (Å²) in [6.45, 7) is 2.55. The third kappa shape index (κ3) is 3.90. The van der Waals surface area contributed by atoms with E-state index >= 15 is 0 Å². The molecule has 0 saturated carbocycles. The SMILES string of the molecule is CC1(Oc2ccc(OCC3CCCCO3)cc2)C(=O)NC(=O)NC1=O. The number of rotatable bonds is 5. The molecule has 4 amide bonds. The quantitative estimate of drug-likeness (QED) is 0.774. The summed E-state index contributed by atoms with van der Waals surface area (Å²) >= 11 is 0. The molecule has 2 N–H and O–H groups in total. The van der Waals surface area contributed by atoms with Crippen LogP contribution in [0.25, 0.3) is 0 Å². The van der Waals surface area contributed by atoms with Gasteiger partial charge in [0.1, 0.15) is 18.1 Å². The normalized spacial score (nSPS) is 22.8. The number of hydrogen-bond acceptors (Lipinski definition) is 6.